The van der Waals surface area contributed by atoms with Crippen LogP contribution in [-0.2, 0) is 6.54 Å². The van der Waals surface area contributed by atoms with E-state index in [-0.39, 0.29) is 24.0 Å². The lowest BCUT2D eigenvalue weighted by Crippen LogP contribution is -1.98. The molecule has 0 atom stereocenters. The van der Waals surface area contributed by atoms with Gasteiger partial charge in [-0.2, -0.15) is 0 Å². The highest BCUT2D eigenvalue weighted by molar-refractivity contribution is 14.0. The Hall–Kier alpha value is -1.23. The molecule has 2 rings (SSSR count). The molecule has 2 nitrogen and oxygen atoms in total. The Kier molecular flexibility index (Phi) is 5.83. The summed E-state index contributed by atoms with van der Waals surface area (Å²) in [6, 6.07) is 18.3. The number of para-hydroxylation sites is 1. The Balaban J connectivity index is 0.00000144. The third-order valence-corrected chi connectivity index (χ3v) is 2.43. The molecule has 0 saturated carbocycles. The Morgan fingerprint density at radius 1 is 0.941 bits per heavy atom. The van der Waals surface area contributed by atoms with Crippen LogP contribution in [0.5, 0.6) is 5.75 Å². The van der Waals surface area contributed by atoms with Crippen molar-refractivity contribution in [3.63, 3.8) is 0 Å². The number of rotatable bonds is 4. The van der Waals surface area contributed by atoms with Crippen LogP contribution in [0.25, 0.3) is 0 Å². The van der Waals surface area contributed by atoms with Crippen LogP contribution in [0.15, 0.2) is 54.6 Å². The van der Waals surface area contributed by atoms with Crippen LogP contribution < -0.4 is 10.1 Å². The van der Waals surface area contributed by atoms with Crippen LogP contribution in [0, 0.1) is 0 Å². The van der Waals surface area contributed by atoms with Gasteiger partial charge < -0.3 is 10.1 Å². The predicted molar refractivity (Wildman–Crippen MR) is 82.2 cm³/mol. The number of hydrogen-bond donors (Lipinski definition) is 1. The van der Waals surface area contributed by atoms with Gasteiger partial charge in [0.1, 0.15) is 5.75 Å². The monoisotopic (exact) mass is 341 g/mol. The van der Waals surface area contributed by atoms with Crippen molar-refractivity contribution < 1.29 is 4.74 Å². The molecule has 0 heterocycles. The third kappa shape index (κ3) is 4.26. The highest BCUT2D eigenvalue weighted by atomic mass is 127. The van der Waals surface area contributed by atoms with Crippen LogP contribution in [0.3, 0.4) is 0 Å². The van der Waals surface area contributed by atoms with Crippen molar-refractivity contribution in [3.8, 4) is 5.75 Å². The molecule has 0 amide bonds. The van der Waals surface area contributed by atoms with Gasteiger partial charge in [-0.05, 0) is 29.8 Å². The zero-order valence-corrected chi connectivity index (χ0v) is 12.1. The molecule has 0 fully saturated rings. The topological polar surface area (TPSA) is 21.3 Å². The first-order chi connectivity index (χ1) is 7.88. The van der Waals surface area contributed by atoms with E-state index in [1.54, 1.807) is 7.11 Å². The predicted octanol–water partition coefficient (Wildman–Crippen LogP) is 3.93. The quantitative estimate of drug-likeness (QED) is 0.851. The van der Waals surface area contributed by atoms with Gasteiger partial charge in [-0.15, -0.1) is 24.0 Å². The average Bonchev–Trinajstić information content (AvgIpc) is 2.38. The largest absolute Gasteiger partial charge is 0.497 e. The van der Waals surface area contributed by atoms with Crippen LogP contribution in [0.1, 0.15) is 5.56 Å². The summed E-state index contributed by atoms with van der Waals surface area (Å²) in [5, 5.41) is 3.36. The van der Waals surface area contributed by atoms with Gasteiger partial charge in [-0.1, -0.05) is 30.3 Å². The normalized spacial score (nSPS) is 9.24. The maximum atomic E-state index is 5.11. The highest BCUT2D eigenvalue weighted by Crippen LogP contribution is 2.13. The molecule has 2 aromatic carbocycles. The lowest BCUT2D eigenvalue weighted by atomic mass is 10.2. The van der Waals surface area contributed by atoms with Crippen molar-refractivity contribution in [1.82, 2.24) is 0 Å². The summed E-state index contributed by atoms with van der Waals surface area (Å²) in [5.41, 5.74) is 2.38. The van der Waals surface area contributed by atoms with E-state index in [1.807, 2.05) is 30.3 Å². The zero-order chi connectivity index (χ0) is 11.2. The van der Waals surface area contributed by atoms with Gasteiger partial charge >= 0.3 is 0 Å². The minimum absolute atomic E-state index is 0. The summed E-state index contributed by atoms with van der Waals surface area (Å²) in [6.07, 6.45) is 0. The molecule has 17 heavy (non-hydrogen) atoms. The van der Waals surface area contributed by atoms with Crippen LogP contribution in [-0.4, -0.2) is 7.11 Å². The SMILES string of the molecule is COc1ccc(CNc2ccccc2)cc1.I. The van der Waals surface area contributed by atoms with E-state index in [2.05, 4.69) is 29.6 Å². The van der Waals surface area contributed by atoms with Gasteiger partial charge in [0, 0.05) is 12.2 Å². The van der Waals surface area contributed by atoms with E-state index in [1.165, 1.54) is 5.56 Å². The Morgan fingerprint density at radius 2 is 1.59 bits per heavy atom. The summed E-state index contributed by atoms with van der Waals surface area (Å²) in [5.74, 6) is 0.892. The van der Waals surface area contributed by atoms with Crippen LogP contribution in [0.2, 0.25) is 0 Å². The first kappa shape index (κ1) is 13.8. The fraction of sp³-hybridized carbons (Fsp3) is 0.143. The van der Waals surface area contributed by atoms with E-state index in [0.717, 1.165) is 18.0 Å². The summed E-state index contributed by atoms with van der Waals surface area (Å²) < 4.78 is 5.11. The van der Waals surface area contributed by atoms with Gasteiger partial charge in [0.15, 0.2) is 0 Å². The van der Waals surface area contributed by atoms with E-state index < -0.39 is 0 Å². The lowest BCUT2D eigenvalue weighted by Gasteiger charge is -2.06. The molecule has 0 aliphatic heterocycles. The molecule has 0 bridgehead atoms. The number of methoxy groups -OCH3 is 1. The lowest BCUT2D eigenvalue weighted by molar-refractivity contribution is 0.414. The number of anilines is 1. The molecule has 0 aliphatic carbocycles. The molecular weight excluding hydrogens is 325 g/mol. The Morgan fingerprint density at radius 3 is 2.18 bits per heavy atom. The number of benzene rings is 2. The minimum Gasteiger partial charge on any atom is -0.497 e. The Labute approximate surface area is 119 Å². The molecule has 3 heteroatoms. The summed E-state index contributed by atoms with van der Waals surface area (Å²) >= 11 is 0. The molecule has 0 radical (unpaired) electrons. The Bertz CT molecular complexity index is 428. The van der Waals surface area contributed by atoms with Crippen LogP contribution >= 0.6 is 24.0 Å². The molecule has 0 saturated heterocycles. The molecular formula is C14H16INO. The van der Waals surface area contributed by atoms with Gasteiger partial charge in [-0.25, -0.2) is 0 Å². The molecule has 90 valence electrons. The minimum atomic E-state index is 0. The van der Waals surface area contributed by atoms with Gasteiger partial charge in [-0.3, -0.25) is 0 Å². The molecule has 0 spiro atoms. The number of hydrogen-bond acceptors (Lipinski definition) is 2. The molecule has 0 unspecified atom stereocenters. The van der Waals surface area contributed by atoms with Gasteiger partial charge in [0.25, 0.3) is 0 Å². The number of nitrogens with one attached hydrogen (secondary N) is 1. The van der Waals surface area contributed by atoms with Gasteiger partial charge in [0.2, 0.25) is 0 Å². The fourth-order valence-electron chi connectivity index (χ4n) is 1.50. The molecule has 0 aliphatic rings. The van der Waals surface area contributed by atoms with E-state index in [0.29, 0.717) is 0 Å². The second-order valence-electron chi connectivity index (χ2n) is 3.57. The summed E-state index contributed by atoms with van der Waals surface area (Å²) in [6.45, 7) is 0.827. The van der Waals surface area contributed by atoms with Crippen molar-refractivity contribution >= 4 is 29.7 Å². The van der Waals surface area contributed by atoms with Crippen molar-refractivity contribution in [1.29, 1.82) is 0 Å². The van der Waals surface area contributed by atoms with E-state index in [4.69, 9.17) is 4.74 Å². The highest BCUT2D eigenvalue weighted by Gasteiger charge is 1.94. The van der Waals surface area contributed by atoms with Crippen molar-refractivity contribution in [2.75, 3.05) is 12.4 Å². The zero-order valence-electron chi connectivity index (χ0n) is 9.72. The standard InChI is InChI=1S/C14H15NO.HI/c1-16-14-9-7-12(8-10-14)11-15-13-5-3-2-4-6-13;/h2-10,15H,11H2,1H3;1H. The van der Waals surface area contributed by atoms with Crippen molar-refractivity contribution in [2.45, 2.75) is 6.54 Å². The first-order valence-electron chi connectivity index (χ1n) is 5.30. The number of ether oxygens (including phenoxy) is 1. The first-order valence-corrected chi connectivity index (χ1v) is 5.30. The van der Waals surface area contributed by atoms with Crippen LogP contribution in [0.4, 0.5) is 5.69 Å². The second-order valence-corrected chi connectivity index (χ2v) is 3.57. The van der Waals surface area contributed by atoms with Crippen molar-refractivity contribution in [2.24, 2.45) is 0 Å². The van der Waals surface area contributed by atoms with Gasteiger partial charge in [0.05, 0.1) is 7.11 Å². The maximum absolute atomic E-state index is 5.11. The number of halogens is 1. The average molecular weight is 341 g/mol. The van der Waals surface area contributed by atoms with Crippen molar-refractivity contribution in [3.05, 3.63) is 60.2 Å². The molecule has 1 N–H and O–H groups in total. The molecule has 2 aromatic rings. The van der Waals surface area contributed by atoms with E-state index in [9.17, 15) is 0 Å². The second kappa shape index (κ2) is 7.17. The smallest absolute Gasteiger partial charge is 0.118 e. The van der Waals surface area contributed by atoms with E-state index >= 15 is 0 Å². The fourth-order valence-corrected chi connectivity index (χ4v) is 1.50. The molecule has 0 aromatic heterocycles. The maximum Gasteiger partial charge on any atom is 0.118 e. The summed E-state index contributed by atoms with van der Waals surface area (Å²) in [7, 11) is 1.68. The third-order valence-electron chi connectivity index (χ3n) is 2.43. The summed E-state index contributed by atoms with van der Waals surface area (Å²) in [4.78, 5) is 0.